The van der Waals surface area contributed by atoms with Crippen molar-refractivity contribution >= 4 is 43.1 Å². The maximum absolute atomic E-state index is 13.5. The summed E-state index contributed by atoms with van der Waals surface area (Å²) in [6.45, 7) is 6.29. The van der Waals surface area contributed by atoms with Gasteiger partial charge in [0, 0.05) is 54.2 Å². The van der Waals surface area contributed by atoms with Crippen LogP contribution in [0.1, 0.15) is 26.3 Å². The Morgan fingerprint density at radius 1 is 0.655 bits per heavy atom. The quantitative estimate of drug-likeness (QED) is 0.283. The van der Waals surface area contributed by atoms with Gasteiger partial charge in [-0.3, -0.25) is 9.59 Å². The predicted octanol–water partition coefficient (Wildman–Crippen LogP) is 5.44. The van der Waals surface area contributed by atoms with Gasteiger partial charge in [0.05, 0.1) is 0 Å². The van der Waals surface area contributed by atoms with Gasteiger partial charge in [-0.1, -0.05) is 57.2 Å². The maximum Gasteiger partial charge on any atom is 0.194 e. The van der Waals surface area contributed by atoms with Crippen molar-refractivity contribution in [3.63, 3.8) is 0 Å². The molecule has 1 N–H and O–H groups in total. The zero-order chi connectivity index (χ0) is 20.2. The third-order valence-electron chi connectivity index (χ3n) is 6.37. The van der Waals surface area contributed by atoms with Crippen LogP contribution >= 0.6 is 0 Å². The molecule has 0 bridgehead atoms. The monoisotopic (exact) mass is 378 g/mol. The SMILES string of the molecule is CC(C)(C)c1cc2c(O)c3cccc4c(=O)c5cccc6c5-c(c34)c2c(c1)c6=O. The van der Waals surface area contributed by atoms with Gasteiger partial charge in [0.1, 0.15) is 5.75 Å². The van der Waals surface area contributed by atoms with Crippen LogP contribution in [0.3, 0.4) is 0 Å². The smallest absolute Gasteiger partial charge is 0.194 e. The summed E-state index contributed by atoms with van der Waals surface area (Å²) in [4.78, 5) is 26.7. The summed E-state index contributed by atoms with van der Waals surface area (Å²) in [5.74, 6) is 0.136. The molecule has 29 heavy (non-hydrogen) atoms. The van der Waals surface area contributed by atoms with Gasteiger partial charge in [0.25, 0.3) is 0 Å². The molecule has 4 aromatic rings. The standard InChI is InChI=1S/C26H18O3/c1-26(2,3)12-10-17-21-18(11-12)25(29)16-9-5-7-14-20(16)22(21)19-13(23(14)27)6-4-8-15(19)24(17)28/h4-11,28H,1-3H3. The van der Waals surface area contributed by atoms with Gasteiger partial charge < -0.3 is 5.11 Å². The van der Waals surface area contributed by atoms with Gasteiger partial charge in [-0.2, -0.15) is 0 Å². The molecule has 6 rings (SSSR count). The Morgan fingerprint density at radius 3 is 1.83 bits per heavy atom. The molecule has 3 nitrogen and oxygen atoms in total. The first-order valence-electron chi connectivity index (χ1n) is 9.77. The second-order valence-corrected chi connectivity index (χ2v) is 9.03. The number of hydrogen-bond donors (Lipinski definition) is 1. The summed E-state index contributed by atoms with van der Waals surface area (Å²) < 4.78 is 0. The average molecular weight is 378 g/mol. The number of hydrogen-bond acceptors (Lipinski definition) is 3. The van der Waals surface area contributed by atoms with Crippen LogP contribution in [0.2, 0.25) is 0 Å². The van der Waals surface area contributed by atoms with Gasteiger partial charge in [-0.15, -0.1) is 0 Å². The fraction of sp³-hybridized carbons (Fsp3) is 0.154. The Hall–Kier alpha value is -3.46. The van der Waals surface area contributed by atoms with Gasteiger partial charge in [-0.05, 0) is 23.1 Å². The first-order valence-corrected chi connectivity index (χ1v) is 9.77. The molecular formula is C26H18O3. The molecule has 0 amide bonds. The zero-order valence-corrected chi connectivity index (χ0v) is 16.4. The van der Waals surface area contributed by atoms with Crippen LogP contribution in [0.4, 0.5) is 0 Å². The third-order valence-corrected chi connectivity index (χ3v) is 6.37. The minimum atomic E-state index is -0.177. The van der Waals surface area contributed by atoms with E-state index in [2.05, 4.69) is 20.8 Å². The van der Waals surface area contributed by atoms with Crippen molar-refractivity contribution in [3.8, 4) is 16.9 Å². The van der Waals surface area contributed by atoms with Gasteiger partial charge in [0.2, 0.25) is 0 Å². The van der Waals surface area contributed by atoms with E-state index in [0.717, 1.165) is 21.9 Å². The largest absolute Gasteiger partial charge is 0.507 e. The highest BCUT2D eigenvalue weighted by Gasteiger charge is 2.29. The van der Waals surface area contributed by atoms with Crippen LogP contribution in [0.15, 0.2) is 58.1 Å². The lowest BCUT2D eigenvalue weighted by Crippen LogP contribution is -2.16. The van der Waals surface area contributed by atoms with Gasteiger partial charge >= 0.3 is 0 Å². The third kappa shape index (κ3) is 1.83. The molecule has 0 aliphatic heterocycles. The van der Waals surface area contributed by atoms with Crippen LogP contribution in [0.25, 0.3) is 54.2 Å². The molecule has 0 saturated heterocycles. The topological polar surface area (TPSA) is 54.4 Å². The summed E-state index contributed by atoms with van der Waals surface area (Å²) >= 11 is 0. The lowest BCUT2D eigenvalue weighted by molar-refractivity contribution is 0.487. The fourth-order valence-electron chi connectivity index (χ4n) is 4.93. The van der Waals surface area contributed by atoms with Crippen molar-refractivity contribution < 1.29 is 5.11 Å². The molecule has 0 fully saturated rings. The van der Waals surface area contributed by atoms with Crippen LogP contribution < -0.4 is 10.9 Å². The van der Waals surface area contributed by atoms with E-state index in [1.807, 2.05) is 30.3 Å². The molecular weight excluding hydrogens is 360 g/mol. The normalized spacial score (nSPS) is 13.1. The Kier molecular flexibility index (Phi) is 2.80. The lowest BCUT2D eigenvalue weighted by Gasteiger charge is -2.25. The van der Waals surface area contributed by atoms with Crippen LogP contribution in [-0.4, -0.2) is 5.11 Å². The summed E-state index contributed by atoms with van der Waals surface area (Å²) in [6.07, 6.45) is 0. The van der Waals surface area contributed by atoms with Crippen molar-refractivity contribution in [1.82, 2.24) is 0 Å². The number of aromatic hydroxyl groups is 1. The molecule has 140 valence electrons. The number of phenolic OH excluding ortho intramolecular Hbond substituents is 1. The minimum Gasteiger partial charge on any atom is -0.507 e. The van der Waals surface area contributed by atoms with E-state index in [4.69, 9.17) is 0 Å². The predicted molar refractivity (Wildman–Crippen MR) is 120 cm³/mol. The molecule has 2 aliphatic carbocycles. The number of rotatable bonds is 0. The molecule has 0 heterocycles. The molecule has 3 heteroatoms. The van der Waals surface area contributed by atoms with E-state index in [9.17, 15) is 14.7 Å². The van der Waals surface area contributed by atoms with Crippen molar-refractivity contribution in [2.45, 2.75) is 26.2 Å². The summed E-state index contributed by atoms with van der Waals surface area (Å²) in [7, 11) is 0. The molecule has 0 radical (unpaired) electrons. The minimum absolute atomic E-state index is 0.0867. The first-order chi connectivity index (χ1) is 13.8. The van der Waals surface area contributed by atoms with Gasteiger partial charge in [0.15, 0.2) is 10.9 Å². The number of phenols is 1. The van der Waals surface area contributed by atoms with Crippen molar-refractivity contribution in [3.05, 3.63) is 74.5 Å². The Balaban J connectivity index is 2.11. The lowest BCUT2D eigenvalue weighted by atomic mass is 9.78. The van der Waals surface area contributed by atoms with Crippen LogP contribution in [0.5, 0.6) is 5.75 Å². The molecule has 4 aromatic carbocycles. The highest BCUT2D eigenvalue weighted by atomic mass is 16.3. The van der Waals surface area contributed by atoms with Crippen molar-refractivity contribution in [1.29, 1.82) is 0 Å². The first kappa shape index (κ1) is 16.5. The molecule has 0 spiro atoms. The number of benzene rings is 6. The summed E-state index contributed by atoms with van der Waals surface area (Å²) in [5, 5.41) is 16.4. The van der Waals surface area contributed by atoms with E-state index in [1.165, 1.54) is 0 Å². The fourth-order valence-corrected chi connectivity index (χ4v) is 4.93. The van der Waals surface area contributed by atoms with Gasteiger partial charge in [-0.25, -0.2) is 0 Å². The van der Waals surface area contributed by atoms with Crippen LogP contribution in [-0.2, 0) is 5.41 Å². The molecule has 0 aromatic heterocycles. The van der Waals surface area contributed by atoms with Crippen molar-refractivity contribution in [2.24, 2.45) is 0 Å². The highest BCUT2D eigenvalue weighted by Crippen LogP contribution is 2.49. The Labute approximate surface area is 166 Å². The Morgan fingerprint density at radius 2 is 1.17 bits per heavy atom. The average Bonchev–Trinajstić information content (AvgIpc) is 2.70. The van der Waals surface area contributed by atoms with E-state index in [1.54, 1.807) is 18.2 Å². The van der Waals surface area contributed by atoms with Crippen LogP contribution in [0, 0.1) is 0 Å². The van der Waals surface area contributed by atoms with E-state index in [0.29, 0.717) is 37.9 Å². The second kappa shape index (κ2) is 4.93. The second-order valence-electron chi connectivity index (χ2n) is 9.03. The molecule has 0 atom stereocenters. The zero-order valence-electron chi connectivity index (χ0n) is 16.4. The molecule has 2 aliphatic rings. The Bertz CT molecular complexity index is 1670. The summed E-state index contributed by atoms with van der Waals surface area (Å²) in [5.41, 5.74) is 2.26. The van der Waals surface area contributed by atoms with E-state index < -0.39 is 0 Å². The molecule has 0 saturated carbocycles. The van der Waals surface area contributed by atoms with E-state index in [-0.39, 0.29) is 22.0 Å². The van der Waals surface area contributed by atoms with E-state index >= 15 is 0 Å². The molecule has 0 unspecified atom stereocenters. The summed E-state index contributed by atoms with van der Waals surface area (Å²) in [6, 6.07) is 14.8. The maximum atomic E-state index is 13.5. The highest BCUT2D eigenvalue weighted by molar-refractivity contribution is 6.31. The van der Waals surface area contributed by atoms with Crippen molar-refractivity contribution in [2.75, 3.05) is 0 Å².